The van der Waals surface area contributed by atoms with E-state index in [1.54, 1.807) is 6.07 Å². The molecule has 0 spiro atoms. The second kappa shape index (κ2) is 6.61. The highest BCUT2D eigenvalue weighted by Crippen LogP contribution is 2.17. The fourth-order valence-electron chi connectivity index (χ4n) is 1.47. The maximum atomic E-state index is 13.7. The molecule has 18 heavy (non-hydrogen) atoms. The summed E-state index contributed by atoms with van der Waals surface area (Å²) in [5.41, 5.74) is 3.06. The fraction of sp³-hybridized carbons (Fsp3) is 0.538. The normalized spacial score (nSPS) is 13.7. The molecule has 5 heteroatoms. The summed E-state index contributed by atoms with van der Waals surface area (Å²) in [6, 6.07) is 4.91. The Morgan fingerprint density at radius 2 is 2.11 bits per heavy atom. The largest absolute Gasteiger partial charge is 0.374 e. The van der Waals surface area contributed by atoms with Gasteiger partial charge in [-0.25, -0.2) is 4.39 Å². The lowest BCUT2D eigenvalue weighted by Gasteiger charge is -2.24. The van der Waals surface area contributed by atoms with Crippen LogP contribution in [0.3, 0.4) is 0 Å². The third-order valence-electron chi connectivity index (χ3n) is 2.43. The van der Waals surface area contributed by atoms with Crippen LogP contribution < -0.4 is 11.3 Å². The number of benzene rings is 1. The molecule has 0 saturated heterocycles. The first-order chi connectivity index (χ1) is 8.31. The van der Waals surface area contributed by atoms with Crippen LogP contribution in [0.5, 0.6) is 0 Å². The number of hydrogen-bond acceptors (Lipinski definition) is 3. The van der Waals surface area contributed by atoms with E-state index in [1.165, 1.54) is 6.07 Å². The first-order valence-corrected chi connectivity index (χ1v) is 6.65. The lowest BCUT2D eigenvalue weighted by Crippen LogP contribution is -2.42. The predicted octanol–water partition coefficient (Wildman–Crippen LogP) is 2.78. The quantitative estimate of drug-likeness (QED) is 0.648. The summed E-state index contributed by atoms with van der Waals surface area (Å²) in [6.45, 7) is 6.36. The minimum Gasteiger partial charge on any atom is -0.374 e. The molecule has 1 aromatic rings. The van der Waals surface area contributed by atoms with Crippen LogP contribution in [0.4, 0.5) is 4.39 Å². The van der Waals surface area contributed by atoms with Gasteiger partial charge in [0, 0.05) is 10.5 Å². The van der Waals surface area contributed by atoms with Crippen molar-refractivity contribution in [2.24, 2.45) is 5.84 Å². The van der Waals surface area contributed by atoms with Crippen molar-refractivity contribution in [3.05, 3.63) is 34.1 Å². The summed E-state index contributed by atoms with van der Waals surface area (Å²) in [5, 5.41) is 0. The lowest BCUT2D eigenvalue weighted by molar-refractivity contribution is -0.0144. The van der Waals surface area contributed by atoms with Crippen molar-refractivity contribution in [3.63, 3.8) is 0 Å². The van der Waals surface area contributed by atoms with Gasteiger partial charge in [-0.1, -0.05) is 22.0 Å². The molecule has 1 unspecified atom stereocenters. The molecule has 0 radical (unpaired) electrons. The van der Waals surface area contributed by atoms with Crippen molar-refractivity contribution in [3.8, 4) is 0 Å². The minimum absolute atomic E-state index is 0.111. The predicted molar refractivity (Wildman–Crippen MR) is 74.6 cm³/mol. The molecule has 102 valence electrons. The third kappa shape index (κ3) is 5.44. The molecule has 1 aromatic carbocycles. The van der Waals surface area contributed by atoms with Gasteiger partial charge in [-0.05, 0) is 44.9 Å². The Balaban J connectivity index is 2.62. The van der Waals surface area contributed by atoms with Crippen LogP contribution >= 0.6 is 15.9 Å². The molecule has 0 saturated carbocycles. The molecule has 3 nitrogen and oxygen atoms in total. The maximum Gasteiger partial charge on any atom is 0.127 e. The summed E-state index contributed by atoms with van der Waals surface area (Å²) in [4.78, 5) is 0. The summed E-state index contributed by atoms with van der Waals surface area (Å²) in [7, 11) is 0. The van der Waals surface area contributed by atoms with Crippen molar-refractivity contribution in [2.45, 2.75) is 38.8 Å². The van der Waals surface area contributed by atoms with E-state index in [4.69, 9.17) is 10.6 Å². The smallest absolute Gasteiger partial charge is 0.127 e. The molecule has 0 fully saturated rings. The van der Waals surface area contributed by atoms with Gasteiger partial charge in [0.05, 0.1) is 12.2 Å². The molecule has 1 rings (SSSR count). The van der Waals surface area contributed by atoms with Gasteiger partial charge in [0.15, 0.2) is 0 Å². The minimum atomic E-state index is -0.236. The Labute approximate surface area is 116 Å². The summed E-state index contributed by atoms with van der Waals surface area (Å²) >= 11 is 3.23. The highest BCUT2D eigenvalue weighted by molar-refractivity contribution is 9.10. The highest BCUT2D eigenvalue weighted by Gasteiger charge is 2.16. The van der Waals surface area contributed by atoms with Crippen LogP contribution in [0.2, 0.25) is 0 Å². The standard InChI is InChI=1S/C13H20BrFN2O/c1-13(2,3)18-8-11(17-16)6-9-4-5-10(14)7-12(9)15/h4-5,7,11,17H,6,8,16H2,1-3H3. The van der Waals surface area contributed by atoms with Crippen molar-refractivity contribution in [2.75, 3.05) is 6.61 Å². The van der Waals surface area contributed by atoms with Gasteiger partial charge in [0.1, 0.15) is 5.82 Å². The van der Waals surface area contributed by atoms with Gasteiger partial charge in [0.25, 0.3) is 0 Å². The van der Waals surface area contributed by atoms with Crippen molar-refractivity contribution >= 4 is 15.9 Å². The Morgan fingerprint density at radius 1 is 1.44 bits per heavy atom. The molecule has 0 amide bonds. The SMILES string of the molecule is CC(C)(C)OCC(Cc1ccc(Br)cc1F)NN. The summed E-state index contributed by atoms with van der Waals surface area (Å²) in [5.74, 6) is 5.23. The Hall–Kier alpha value is -0.490. The number of ether oxygens (including phenoxy) is 1. The molecular formula is C13H20BrFN2O. The van der Waals surface area contributed by atoms with Gasteiger partial charge >= 0.3 is 0 Å². The van der Waals surface area contributed by atoms with Crippen LogP contribution in [-0.2, 0) is 11.2 Å². The number of halogens is 2. The van der Waals surface area contributed by atoms with Gasteiger partial charge < -0.3 is 4.74 Å². The van der Waals surface area contributed by atoms with Gasteiger partial charge in [-0.3, -0.25) is 11.3 Å². The lowest BCUT2D eigenvalue weighted by atomic mass is 10.1. The Bertz CT molecular complexity index is 393. The zero-order valence-corrected chi connectivity index (χ0v) is 12.6. The van der Waals surface area contributed by atoms with E-state index in [2.05, 4.69) is 21.4 Å². The average molecular weight is 319 g/mol. The number of nitrogens with two attached hydrogens (primary N) is 1. The van der Waals surface area contributed by atoms with E-state index in [0.29, 0.717) is 18.6 Å². The van der Waals surface area contributed by atoms with E-state index < -0.39 is 0 Å². The van der Waals surface area contributed by atoms with E-state index in [-0.39, 0.29) is 17.5 Å². The number of hydrazine groups is 1. The van der Waals surface area contributed by atoms with Crippen LogP contribution in [0, 0.1) is 5.82 Å². The maximum absolute atomic E-state index is 13.7. The summed E-state index contributed by atoms with van der Waals surface area (Å²) in [6.07, 6.45) is 0.492. The summed E-state index contributed by atoms with van der Waals surface area (Å²) < 4.78 is 20.1. The van der Waals surface area contributed by atoms with E-state index in [0.717, 1.165) is 4.47 Å². The number of hydrogen-bond donors (Lipinski definition) is 2. The molecule has 0 heterocycles. The van der Waals surface area contributed by atoms with Gasteiger partial charge in [-0.2, -0.15) is 0 Å². The monoisotopic (exact) mass is 318 g/mol. The van der Waals surface area contributed by atoms with Crippen molar-refractivity contribution < 1.29 is 9.13 Å². The van der Waals surface area contributed by atoms with Crippen LogP contribution in [0.1, 0.15) is 26.3 Å². The van der Waals surface area contributed by atoms with E-state index in [9.17, 15) is 4.39 Å². The Morgan fingerprint density at radius 3 is 2.61 bits per heavy atom. The van der Waals surface area contributed by atoms with Gasteiger partial charge in [-0.15, -0.1) is 0 Å². The topological polar surface area (TPSA) is 47.3 Å². The second-order valence-electron chi connectivity index (χ2n) is 5.23. The third-order valence-corrected chi connectivity index (χ3v) is 2.93. The zero-order valence-electron chi connectivity index (χ0n) is 11.0. The molecule has 1 atom stereocenters. The molecule has 0 aliphatic heterocycles. The first-order valence-electron chi connectivity index (χ1n) is 5.86. The van der Waals surface area contributed by atoms with Crippen molar-refractivity contribution in [1.82, 2.24) is 5.43 Å². The van der Waals surface area contributed by atoms with E-state index in [1.807, 2.05) is 26.8 Å². The molecular weight excluding hydrogens is 299 g/mol. The van der Waals surface area contributed by atoms with Crippen LogP contribution in [0.15, 0.2) is 22.7 Å². The van der Waals surface area contributed by atoms with E-state index >= 15 is 0 Å². The second-order valence-corrected chi connectivity index (χ2v) is 6.14. The first kappa shape index (κ1) is 15.6. The van der Waals surface area contributed by atoms with Crippen LogP contribution in [-0.4, -0.2) is 18.2 Å². The molecule has 3 N–H and O–H groups in total. The fourth-order valence-corrected chi connectivity index (χ4v) is 1.80. The molecule has 0 aromatic heterocycles. The van der Waals surface area contributed by atoms with Crippen molar-refractivity contribution in [1.29, 1.82) is 0 Å². The highest BCUT2D eigenvalue weighted by atomic mass is 79.9. The molecule has 0 aliphatic rings. The van der Waals surface area contributed by atoms with Gasteiger partial charge in [0.2, 0.25) is 0 Å². The number of nitrogens with one attached hydrogen (secondary N) is 1. The average Bonchev–Trinajstić information content (AvgIpc) is 2.25. The Kier molecular flexibility index (Phi) is 5.72. The molecule has 0 aliphatic carbocycles. The van der Waals surface area contributed by atoms with Crippen LogP contribution in [0.25, 0.3) is 0 Å². The molecule has 0 bridgehead atoms. The number of rotatable bonds is 5. The zero-order chi connectivity index (χ0) is 13.8.